The van der Waals surface area contributed by atoms with Crippen LogP contribution in [0.1, 0.15) is 5.56 Å². The number of benzene rings is 6. The van der Waals surface area contributed by atoms with Crippen LogP contribution in [0.3, 0.4) is 0 Å². The molecule has 56 heavy (non-hydrogen) atoms. The first-order valence-electron chi connectivity index (χ1n) is 17.9. The lowest BCUT2D eigenvalue weighted by molar-refractivity contribution is 0.282. The number of methoxy groups -OCH3 is 3. The third-order valence-corrected chi connectivity index (χ3v) is 9.33. The number of aromatic nitrogens is 6. The third-order valence-electron chi connectivity index (χ3n) is 9.33. The molecule has 0 unspecified atom stereocenters. The zero-order valence-electron chi connectivity index (χ0n) is 30.9. The molecule has 0 aliphatic rings. The molecule has 274 valence electrons. The van der Waals surface area contributed by atoms with E-state index in [9.17, 15) is 5.11 Å². The molecule has 10 heteroatoms. The molecule has 2 aromatic heterocycles. The summed E-state index contributed by atoms with van der Waals surface area (Å²) >= 11 is 0. The molecule has 0 bridgehead atoms. The minimum atomic E-state index is -0.0382. The molecule has 0 saturated carbocycles. The molecule has 8 rings (SSSR count). The van der Waals surface area contributed by atoms with Crippen molar-refractivity contribution in [1.82, 2.24) is 29.9 Å². The van der Waals surface area contributed by atoms with E-state index < -0.39 is 0 Å². The van der Waals surface area contributed by atoms with Crippen molar-refractivity contribution < 1.29 is 19.3 Å². The highest BCUT2D eigenvalue weighted by Crippen LogP contribution is 2.31. The van der Waals surface area contributed by atoms with Crippen LogP contribution in [0, 0.1) is 0 Å². The van der Waals surface area contributed by atoms with E-state index in [-0.39, 0.29) is 6.61 Å². The molecule has 0 aliphatic carbocycles. The molecular formula is C46H36N6O4. The van der Waals surface area contributed by atoms with Gasteiger partial charge < -0.3 is 19.3 Å². The van der Waals surface area contributed by atoms with Gasteiger partial charge in [-0.1, -0.05) is 72.8 Å². The summed E-state index contributed by atoms with van der Waals surface area (Å²) in [5, 5.41) is 9.56. The van der Waals surface area contributed by atoms with Gasteiger partial charge in [-0.25, -0.2) is 29.9 Å². The highest BCUT2D eigenvalue weighted by Gasteiger charge is 2.15. The standard InChI is InChI=1S/C46H36N6O4/c1-54-38-22-16-35(17-23-38)44-48-41(32-6-4-29(28-53)5-7-32)47-42(49-44)33-12-8-30(9-13-33)31-10-14-34(15-11-31)43-50-45(36-18-24-39(55-2)25-19-36)52-46(51-43)37-20-26-40(56-3)27-21-37/h4-27,53H,28H2,1-3H3. The Labute approximate surface area is 324 Å². The van der Waals surface area contributed by atoms with Crippen molar-refractivity contribution in [3.8, 4) is 96.7 Å². The van der Waals surface area contributed by atoms with Crippen LogP contribution in [0.2, 0.25) is 0 Å². The van der Waals surface area contributed by atoms with E-state index in [1.165, 1.54) is 0 Å². The van der Waals surface area contributed by atoms with Gasteiger partial charge in [-0.15, -0.1) is 0 Å². The highest BCUT2D eigenvalue weighted by atomic mass is 16.5. The zero-order valence-corrected chi connectivity index (χ0v) is 30.9. The highest BCUT2D eigenvalue weighted by molar-refractivity contribution is 5.73. The lowest BCUT2D eigenvalue weighted by atomic mass is 10.0. The van der Waals surface area contributed by atoms with Gasteiger partial charge in [-0.3, -0.25) is 0 Å². The van der Waals surface area contributed by atoms with E-state index in [0.717, 1.165) is 67.3 Å². The van der Waals surface area contributed by atoms with Crippen molar-refractivity contribution in [3.05, 3.63) is 151 Å². The van der Waals surface area contributed by atoms with Crippen molar-refractivity contribution in [3.63, 3.8) is 0 Å². The molecular weight excluding hydrogens is 701 g/mol. The number of ether oxygens (including phenoxy) is 3. The van der Waals surface area contributed by atoms with Crippen LogP contribution in [0.25, 0.3) is 79.5 Å². The number of aliphatic hydroxyl groups excluding tert-OH is 1. The van der Waals surface area contributed by atoms with E-state index in [1.54, 1.807) is 21.3 Å². The predicted molar refractivity (Wildman–Crippen MR) is 217 cm³/mol. The molecule has 1 N–H and O–H groups in total. The summed E-state index contributed by atoms with van der Waals surface area (Å²) in [6.07, 6.45) is 0. The molecule has 0 spiro atoms. The van der Waals surface area contributed by atoms with Gasteiger partial charge in [0.1, 0.15) is 17.2 Å². The van der Waals surface area contributed by atoms with Crippen LogP contribution in [-0.2, 0) is 6.61 Å². The van der Waals surface area contributed by atoms with E-state index in [4.69, 9.17) is 44.1 Å². The first-order chi connectivity index (χ1) is 27.5. The van der Waals surface area contributed by atoms with Crippen molar-refractivity contribution in [2.45, 2.75) is 6.61 Å². The van der Waals surface area contributed by atoms with Gasteiger partial charge >= 0.3 is 0 Å². The number of hydrogen-bond donors (Lipinski definition) is 1. The molecule has 0 aliphatic heterocycles. The quantitative estimate of drug-likeness (QED) is 0.137. The number of hydrogen-bond acceptors (Lipinski definition) is 10. The maximum atomic E-state index is 9.56. The molecule has 8 aromatic rings. The van der Waals surface area contributed by atoms with E-state index in [2.05, 4.69) is 24.3 Å². The van der Waals surface area contributed by atoms with Crippen LogP contribution in [0.15, 0.2) is 146 Å². The Morgan fingerprint density at radius 2 is 0.500 bits per heavy atom. The Morgan fingerprint density at radius 3 is 0.714 bits per heavy atom. The Bertz CT molecular complexity index is 2260. The summed E-state index contributed by atoms with van der Waals surface area (Å²) in [6.45, 7) is -0.0382. The second-order valence-corrected chi connectivity index (χ2v) is 12.8. The average molecular weight is 737 g/mol. The van der Waals surface area contributed by atoms with E-state index in [0.29, 0.717) is 34.9 Å². The van der Waals surface area contributed by atoms with E-state index >= 15 is 0 Å². The summed E-state index contributed by atoms with van der Waals surface area (Å²) in [7, 11) is 4.92. The first-order valence-corrected chi connectivity index (χ1v) is 17.9. The molecule has 0 radical (unpaired) electrons. The van der Waals surface area contributed by atoms with Gasteiger partial charge in [0.25, 0.3) is 0 Å². The van der Waals surface area contributed by atoms with Crippen molar-refractivity contribution in [1.29, 1.82) is 0 Å². The largest absolute Gasteiger partial charge is 0.497 e. The van der Waals surface area contributed by atoms with Crippen LogP contribution in [-0.4, -0.2) is 56.3 Å². The van der Waals surface area contributed by atoms with Gasteiger partial charge in [0.2, 0.25) is 0 Å². The average Bonchev–Trinajstić information content (AvgIpc) is 3.29. The Hall–Kier alpha value is -7.30. The molecule has 0 saturated heterocycles. The smallest absolute Gasteiger partial charge is 0.164 e. The zero-order chi connectivity index (χ0) is 38.4. The molecule has 10 nitrogen and oxygen atoms in total. The minimum Gasteiger partial charge on any atom is -0.497 e. The fraction of sp³-hybridized carbons (Fsp3) is 0.0870. The number of aliphatic hydroxyl groups is 1. The fourth-order valence-corrected chi connectivity index (χ4v) is 6.13. The Morgan fingerprint density at radius 1 is 0.304 bits per heavy atom. The second-order valence-electron chi connectivity index (χ2n) is 12.8. The summed E-state index contributed by atoms with van der Waals surface area (Å²) in [5.74, 6) is 5.55. The van der Waals surface area contributed by atoms with Crippen LogP contribution in [0.4, 0.5) is 0 Å². The fourth-order valence-electron chi connectivity index (χ4n) is 6.13. The monoisotopic (exact) mass is 736 g/mol. The Balaban J connectivity index is 1.11. The number of rotatable bonds is 11. The maximum absolute atomic E-state index is 9.56. The minimum absolute atomic E-state index is 0.0382. The molecule has 2 heterocycles. The van der Waals surface area contributed by atoms with Crippen molar-refractivity contribution in [2.24, 2.45) is 0 Å². The molecule has 0 amide bonds. The second kappa shape index (κ2) is 16.0. The van der Waals surface area contributed by atoms with Gasteiger partial charge in [0.05, 0.1) is 27.9 Å². The lowest BCUT2D eigenvalue weighted by Gasteiger charge is -2.11. The van der Waals surface area contributed by atoms with Crippen molar-refractivity contribution in [2.75, 3.05) is 21.3 Å². The predicted octanol–water partition coefficient (Wildman–Crippen LogP) is 9.24. The molecule has 6 aromatic carbocycles. The molecule has 0 atom stereocenters. The summed E-state index contributed by atoms with van der Waals surface area (Å²) in [4.78, 5) is 29.2. The SMILES string of the molecule is COc1ccc(-c2nc(-c3ccc(CO)cc3)nc(-c3ccc(-c4ccc(-c5nc(-c6ccc(OC)cc6)nc(-c6ccc(OC)cc6)n5)cc4)cc3)n2)cc1. The maximum Gasteiger partial charge on any atom is 0.164 e. The van der Waals surface area contributed by atoms with Crippen LogP contribution in [0.5, 0.6) is 17.2 Å². The normalized spacial score (nSPS) is 10.9. The van der Waals surface area contributed by atoms with Crippen LogP contribution < -0.4 is 14.2 Å². The van der Waals surface area contributed by atoms with Gasteiger partial charge in [0, 0.05) is 33.4 Å². The van der Waals surface area contributed by atoms with Gasteiger partial charge in [-0.2, -0.15) is 0 Å². The van der Waals surface area contributed by atoms with Crippen molar-refractivity contribution >= 4 is 0 Å². The Kier molecular flexibility index (Phi) is 10.2. The molecule has 0 fully saturated rings. The summed E-state index contributed by atoms with van der Waals surface area (Å²) < 4.78 is 16.1. The van der Waals surface area contributed by atoms with E-state index in [1.807, 2.05) is 121 Å². The summed E-state index contributed by atoms with van der Waals surface area (Å²) in [5.41, 5.74) is 7.92. The number of nitrogens with zero attached hydrogens (tertiary/aromatic N) is 6. The third kappa shape index (κ3) is 7.68. The first kappa shape index (κ1) is 35.7. The summed E-state index contributed by atoms with van der Waals surface area (Å²) in [6, 6.07) is 46.8. The van der Waals surface area contributed by atoms with Gasteiger partial charge in [-0.05, 0) is 89.5 Å². The lowest BCUT2D eigenvalue weighted by Crippen LogP contribution is -2.00. The van der Waals surface area contributed by atoms with Crippen LogP contribution >= 0.6 is 0 Å². The van der Waals surface area contributed by atoms with Gasteiger partial charge in [0.15, 0.2) is 34.9 Å². The topological polar surface area (TPSA) is 125 Å².